The molecule has 0 unspecified atom stereocenters. The molecule has 28 heavy (non-hydrogen) atoms. The van der Waals surface area contributed by atoms with Gasteiger partial charge in [-0.25, -0.2) is 0 Å². The molecule has 6 nitrogen and oxygen atoms in total. The lowest BCUT2D eigenvalue weighted by Crippen LogP contribution is -2.50. The predicted octanol–water partition coefficient (Wildman–Crippen LogP) is 3.38. The zero-order valence-electron chi connectivity index (χ0n) is 15.8. The van der Waals surface area contributed by atoms with Crippen LogP contribution in [0.5, 0.6) is 0 Å². The first-order chi connectivity index (χ1) is 12.5. The molecule has 0 spiro atoms. The van der Waals surface area contributed by atoms with E-state index >= 15 is 0 Å². The van der Waals surface area contributed by atoms with E-state index in [9.17, 15) is 4.79 Å². The first kappa shape index (κ1) is 22.9. The van der Waals surface area contributed by atoms with Crippen LogP contribution in [-0.4, -0.2) is 44.7 Å². The third-order valence-electron chi connectivity index (χ3n) is 6.13. The maximum atomic E-state index is 12.8. The number of aromatic nitrogens is 3. The highest BCUT2D eigenvalue weighted by Crippen LogP contribution is 2.41. The molecule has 2 N–H and O–H groups in total. The Balaban J connectivity index is 0.00000140. The predicted molar refractivity (Wildman–Crippen MR) is 115 cm³/mol. The molecule has 1 aliphatic carbocycles. The number of amides is 1. The van der Waals surface area contributed by atoms with Crippen molar-refractivity contribution in [3.05, 3.63) is 46.5 Å². The summed E-state index contributed by atoms with van der Waals surface area (Å²) < 4.78 is 1.91. The molecule has 2 aromatic rings. The summed E-state index contributed by atoms with van der Waals surface area (Å²) in [5.41, 5.74) is 7.36. The Labute approximate surface area is 182 Å². The Bertz CT molecular complexity index is 833. The number of nitrogens with zero attached hydrogens (tertiary/aromatic N) is 4. The van der Waals surface area contributed by atoms with Gasteiger partial charge in [0.25, 0.3) is 5.91 Å². The molecule has 0 bridgehead atoms. The molecular weight excluding hydrogens is 421 g/mol. The Hall–Kier alpha value is -1.34. The fourth-order valence-electron chi connectivity index (χ4n) is 4.49. The normalized spacial score (nSPS) is 24.2. The van der Waals surface area contributed by atoms with Crippen LogP contribution in [-0.2, 0) is 12.0 Å². The van der Waals surface area contributed by atoms with Crippen molar-refractivity contribution >= 4 is 42.3 Å². The standard InChI is InChI=1S/C19H24ClN5O.2ClH/c1-13-22-23-17-18(26)25(10-9-24(13)17)16-5-7-19(12-21,8-6-16)14-3-2-4-15(20)11-14;;/h2-4,11,16H,5-10,12,21H2,1H3;2*1H. The average molecular weight is 447 g/mol. The molecule has 0 atom stereocenters. The monoisotopic (exact) mass is 445 g/mol. The minimum absolute atomic E-state index is 0. The molecule has 1 saturated carbocycles. The minimum atomic E-state index is -0.0448. The third kappa shape index (κ3) is 3.88. The number of carbonyl (C=O) groups is 1. The smallest absolute Gasteiger partial charge is 0.292 e. The van der Waals surface area contributed by atoms with E-state index in [1.807, 2.05) is 34.6 Å². The lowest BCUT2D eigenvalue weighted by atomic mass is 9.68. The maximum Gasteiger partial charge on any atom is 0.292 e. The summed E-state index contributed by atoms with van der Waals surface area (Å²) in [6, 6.07) is 8.28. The molecule has 2 heterocycles. The van der Waals surface area contributed by atoms with Crippen LogP contribution >= 0.6 is 36.4 Å². The van der Waals surface area contributed by atoms with Gasteiger partial charge in [-0.15, -0.1) is 35.0 Å². The van der Waals surface area contributed by atoms with Crippen LogP contribution in [0.3, 0.4) is 0 Å². The fourth-order valence-corrected chi connectivity index (χ4v) is 4.68. The van der Waals surface area contributed by atoms with Gasteiger partial charge in [-0.2, -0.15) is 0 Å². The summed E-state index contributed by atoms with van der Waals surface area (Å²) in [6.07, 6.45) is 3.82. The second-order valence-electron chi connectivity index (χ2n) is 7.45. The number of nitrogens with two attached hydrogens (primary N) is 1. The zero-order valence-corrected chi connectivity index (χ0v) is 18.2. The van der Waals surface area contributed by atoms with E-state index in [-0.39, 0.29) is 42.2 Å². The number of halogens is 3. The van der Waals surface area contributed by atoms with Crippen LogP contribution in [0.15, 0.2) is 24.3 Å². The third-order valence-corrected chi connectivity index (χ3v) is 6.37. The van der Waals surface area contributed by atoms with Gasteiger partial charge in [0.15, 0.2) is 0 Å². The van der Waals surface area contributed by atoms with E-state index < -0.39 is 0 Å². The molecule has 1 aromatic carbocycles. The van der Waals surface area contributed by atoms with Gasteiger partial charge >= 0.3 is 0 Å². The summed E-state index contributed by atoms with van der Waals surface area (Å²) in [6.45, 7) is 3.98. The van der Waals surface area contributed by atoms with Gasteiger partial charge in [0, 0.05) is 36.1 Å². The van der Waals surface area contributed by atoms with E-state index in [1.165, 1.54) is 5.56 Å². The lowest BCUT2D eigenvalue weighted by molar-refractivity contribution is 0.0521. The highest BCUT2D eigenvalue weighted by Gasteiger charge is 2.40. The summed E-state index contributed by atoms with van der Waals surface area (Å²) in [7, 11) is 0. The highest BCUT2D eigenvalue weighted by molar-refractivity contribution is 6.30. The molecule has 9 heteroatoms. The Morgan fingerprint density at radius 2 is 1.93 bits per heavy atom. The van der Waals surface area contributed by atoms with Crippen molar-refractivity contribution in [3.63, 3.8) is 0 Å². The molecule has 1 aliphatic heterocycles. The SMILES string of the molecule is Cc1nnc2n1CCN(C1CCC(CN)(c3cccc(Cl)c3)CC1)C2=O.Cl.Cl. The van der Waals surface area contributed by atoms with Gasteiger partial charge in [-0.05, 0) is 50.3 Å². The van der Waals surface area contributed by atoms with Gasteiger partial charge in [0.05, 0.1) is 0 Å². The molecule has 1 amide bonds. The Morgan fingerprint density at radius 1 is 1.21 bits per heavy atom. The molecule has 1 fully saturated rings. The van der Waals surface area contributed by atoms with E-state index in [0.29, 0.717) is 12.4 Å². The van der Waals surface area contributed by atoms with Crippen molar-refractivity contribution < 1.29 is 4.79 Å². The van der Waals surface area contributed by atoms with E-state index in [4.69, 9.17) is 17.3 Å². The number of aryl methyl sites for hydroxylation is 1. The number of benzene rings is 1. The van der Waals surface area contributed by atoms with E-state index in [0.717, 1.165) is 49.6 Å². The van der Waals surface area contributed by atoms with Gasteiger partial charge in [0.2, 0.25) is 5.82 Å². The van der Waals surface area contributed by atoms with Crippen molar-refractivity contribution in [2.45, 2.75) is 50.6 Å². The molecule has 1 aromatic heterocycles. The maximum absolute atomic E-state index is 12.8. The fraction of sp³-hybridized carbons (Fsp3) is 0.526. The summed E-state index contributed by atoms with van der Waals surface area (Å²) in [5, 5.41) is 8.87. The lowest BCUT2D eigenvalue weighted by Gasteiger charge is -2.44. The Kier molecular flexibility index (Phi) is 7.37. The van der Waals surface area contributed by atoms with Crippen LogP contribution in [0.2, 0.25) is 5.02 Å². The van der Waals surface area contributed by atoms with Gasteiger partial charge in [-0.3, -0.25) is 4.79 Å². The second-order valence-corrected chi connectivity index (χ2v) is 7.88. The number of hydrogen-bond donors (Lipinski definition) is 1. The van der Waals surface area contributed by atoms with Crippen molar-refractivity contribution in [1.29, 1.82) is 0 Å². The molecule has 0 radical (unpaired) electrons. The summed E-state index contributed by atoms with van der Waals surface area (Å²) in [5.74, 6) is 1.28. The van der Waals surface area contributed by atoms with Gasteiger partial charge in [-0.1, -0.05) is 23.7 Å². The quantitative estimate of drug-likeness (QED) is 0.784. The van der Waals surface area contributed by atoms with Gasteiger partial charge in [0.1, 0.15) is 5.82 Å². The van der Waals surface area contributed by atoms with Gasteiger partial charge < -0.3 is 15.2 Å². The molecule has 0 saturated heterocycles. The minimum Gasteiger partial charge on any atom is -0.331 e. The largest absolute Gasteiger partial charge is 0.331 e. The van der Waals surface area contributed by atoms with Crippen LogP contribution in [0, 0.1) is 6.92 Å². The molecule has 2 aliphatic rings. The molecule has 154 valence electrons. The average Bonchev–Trinajstić information content (AvgIpc) is 3.04. The number of carbonyl (C=O) groups excluding carboxylic acids is 1. The topological polar surface area (TPSA) is 77.0 Å². The number of rotatable bonds is 3. The highest BCUT2D eigenvalue weighted by atomic mass is 35.5. The molecule has 4 rings (SSSR count). The van der Waals surface area contributed by atoms with Crippen LogP contribution < -0.4 is 5.73 Å². The van der Waals surface area contributed by atoms with Crippen LogP contribution in [0.1, 0.15) is 47.7 Å². The second kappa shape index (κ2) is 8.99. The van der Waals surface area contributed by atoms with E-state index in [2.05, 4.69) is 16.3 Å². The van der Waals surface area contributed by atoms with Crippen molar-refractivity contribution in [2.24, 2.45) is 5.73 Å². The van der Waals surface area contributed by atoms with Crippen LogP contribution in [0.25, 0.3) is 0 Å². The number of fused-ring (bicyclic) bond motifs is 1. The first-order valence-corrected chi connectivity index (χ1v) is 9.59. The van der Waals surface area contributed by atoms with Crippen LogP contribution in [0.4, 0.5) is 0 Å². The first-order valence-electron chi connectivity index (χ1n) is 9.21. The summed E-state index contributed by atoms with van der Waals surface area (Å²) >= 11 is 6.19. The summed E-state index contributed by atoms with van der Waals surface area (Å²) in [4.78, 5) is 14.8. The van der Waals surface area contributed by atoms with Crippen molar-refractivity contribution in [3.8, 4) is 0 Å². The zero-order chi connectivity index (χ0) is 18.3. The van der Waals surface area contributed by atoms with Crippen molar-refractivity contribution in [1.82, 2.24) is 19.7 Å². The van der Waals surface area contributed by atoms with E-state index in [1.54, 1.807) is 0 Å². The van der Waals surface area contributed by atoms with Crippen molar-refractivity contribution in [2.75, 3.05) is 13.1 Å². The Morgan fingerprint density at radius 3 is 2.57 bits per heavy atom. The number of hydrogen-bond acceptors (Lipinski definition) is 4. The molecular formula is C19H26Cl3N5O.